The van der Waals surface area contributed by atoms with Gasteiger partial charge in [0.2, 0.25) is 5.91 Å². The number of fused-ring (bicyclic) bond motifs is 15. The van der Waals surface area contributed by atoms with Crippen molar-refractivity contribution in [3.63, 3.8) is 0 Å². The number of nitrogens with one attached hydrogen (secondary N) is 1. The number of ether oxygens (including phenoxy) is 5. The molecule has 15 nitrogen and oxygen atoms in total. The molecule has 13 atom stereocenters. The lowest BCUT2D eigenvalue weighted by Gasteiger charge is -2.47. The summed E-state index contributed by atoms with van der Waals surface area (Å²) in [5.41, 5.74) is -0.894. The van der Waals surface area contributed by atoms with Crippen LogP contribution in [-0.2, 0) is 44.7 Å². The zero-order valence-electron chi connectivity index (χ0n) is 37.3. The Morgan fingerprint density at radius 2 is 1.83 bits per heavy atom. The largest absolute Gasteiger partial charge is 0.459 e. The second-order valence-electron chi connectivity index (χ2n) is 18.0. The maximum Gasteiger partial charge on any atom is 0.316 e. The van der Waals surface area contributed by atoms with E-state index in [0.717, 1.165) is 12.0 Å². The first-order valence-electron chi connectivity index (χ1n) is 21.5. The highest BCUT2D eigenvalue weighted by atomic mass is 16.7. The number of rotatable bonds is 8. The van der Waals surface area contributed by atoms with E-state index in [4.69, 9.17) is 33.6 Å². The average Bonchev–Trinajstić information content (AvgIpc) is 3.74. The van der Waals surface area contributed by atoms with Crippen LogP contribution in [0.2, 0.25) is 0 Å². The summed E-state index contributed by atoms with van der Waals surface area (Å²) in [6, 6.07) is 5.54. The van der Waals surface area contributed by atoms with Gasteiger partial charge in [-0.05, 0) is 97.4 Å². The summed E-state index contributed by atoms with van der Waals surface area (Å²) >= 11 is 0. The predicted molar refractivity (Wildman–Crippen MR) is 224 cm³/mol. The van der Waals surface area contributed by atoms with Crippen LogP contribution in [-0.4, -0.2) is 118 Å². The Bertz CT molecular complexity index is 1820. The van der Waals surface area contributed by atoms with Gasteiger partial charge in [-0.3, -0.25) is 19.4 Å². The summed E-state index contributed by atoms with van der Waals surface area (Å²) < 4.78 is 38.4. The Kier molecular flexibility index (Phi) is 15.8. The molecule has 0 saturated carbocycles. The molecule has 0 aliphatic carbocycles. The Morgan fingerprint density at radius 1 is 1.10 bits per heavy atom. The summed E-state index contributed by atoms with van der Waals surface area (Å²) in [6.45, 7) is 15.8. The molecular weight excluding hydrogens is 771 g/mol. The molecule has 0 radical (unpaired) electrons. The first kappa shape index (κ1) is 47.3. The fourth-order valence-electron chi connectivity index (χ4n) is 9.55. The zero-order chi connectivity index (χ0) is 44.1. The van der Waals surface area contributed by atoms with Crippen LogP contribution >= 0.6 is 0 Å². The number of carbonyl (C=O) groups excluding carboxylic acids is 3. The van der Waals surface area contributed by atoms with Crippen molar-refractivity contribution >= 4 is 29.1 Å². The third kappa shape index (κ3) is 11.0. The van der Waals surface area contributed by atoms with E-state index in [2.05, 4.69) is 20.0 Å². The van der Waals surface area contributed by atoms with Gasteiger partial charge in [0, 0.05) is 49.2 Å². The van der Waals surface area contributed by atoms with E-state index in [-0.39, 0.29) is 50.3 Å². The molecule has 2 aromatic heterocycles. The van der Waals surface area contributed by atoms with Crippen LogP contribution in [0.25, 0.3) is 11.5 Å². The molecule has 6 rings (SSSR count). The number of amides is 1. The highest BCUT2D eigenvalue weighted by Crippen LogP contribution is 2.42. The average molecular weight is 838 g/mol. The SMILES string of the molecule is CC[C@H]1OC(=O)[C@H](C)C(=O)[C@H](C)[C@@H](O[C@H]2C[C@@H](N(C)C)C[C@@H](C)O2)[C@@]2(C)C[C@@H](C)C(=NC(C)=O)C(OCc3ccc(-c4ccno4)nc3)[C@H](C)[C@@H](CCC(=N)CO2)[C@]1(C)O. The van der Waals surface area contributed by atoms with Crippen LogP contribution in [0.15, 0.2) is 40.1 Å². The number of carbonyl (C=O) groups is 3. The van der Waals surface area contributed by atoms with Gasteiger partial charge in [-0.25, -0.2) is 4.99 Å². The van der Waals surface area contributed by atoms with Gasteiger partial charge >= 0.3 is 5.97 Å². The third-order valence-corrected chi connectivity index (χ3v) is 13.0. The number of esters is 1. The molecule has 4 saturated heterocycles. The molecule has 15 heteroatoms. The van der Waals surface area contributed by atoms with Gasteiger partial charge in [-0.15, -0.1) is 0 Å². The summed E-state index contributed by atoms with van der Waals surface area (Å²) in [7, 11) is 4.03. The topological polar surface area (TPSA) is 196 Å². The maximum absolute atomic E-state index is 14.6. The number of nitrogens with zero attached hydrogens (tertiary/aromatic N) is 4. The van der Waals surface area contributed by atoms with Crippen LogP contribution in [0.5, 0.6) is 0 Å². The molecule has 4 aliphatic rings. The number of hydrogen-bond acceptors (Lipinski definition) is 14. The lowest BCUT2D eigenvalue weighted by atomic mass is 9.69. The van der Waals surface area contributed by atoms with Crippen molar-refractivity contribution in [3.05, 3.63) is 36.2 Å². The van der Waals surface area contributed by atoms with Gasteiger partial charge in [0.1, 0.15) is 23.3 Å². The lowest BCUT2D eigenvalue weighted by Crippen LogP contribution is -2.56. The molecule has 1 amide bonds. The van der Waals surface area contributed by atoms with E-state index >= 15 is 0 Å². The van der Waals surface area contributed by atoms with Crippen molar-refractivity contribution in [1.29, 1.82) is 5.41 Å². The number of ketones is 1. The number of aliphatic hydroxyl groups is 1. The van der Waals surface area contributed by atoms with Gasteiger partial charge in [0.25, 0.3) is 0 Å². The second kappa shape index (κ2) is 20.0. The summed E-state index contributed by atoms with van der Waals surface area (Å²) in [5, 5.41) is 25.6. The highest BCUT2D eigenvalue weighted by molar-refractivity contribution is 6.00. The molecule has 0 spiro atoms. The minimum atomic E-state index is -1.67. The standard InChI is InChI=1S/C45H67N5O10/c1-12-37-45(9,54)34-15-14-32(46)24-56-44(8,42(28(5)40(52)29(6)43(53)58-37)59-38-20-33(50(10)11)19-26(3)57-38)21-25(2)39(49-30(7)51)41(27(34)4)55-23-31-13-16-35(47-22-31)36-17-18-48-60-36/h13,16-18,22,25-29,33-34,37-38,41-42,46,54H,12,14-15,19-21,23-24H2,1-11H3/t25-,26-,27-,28+,29-,33+,34-,37-,38+,41?,42-,44-,45+/m1/s1. The number of pyridine rings is 1. The predicted octanol–water partition coefficient (Wildman–Crippen LogP) is 6.24. The molecule has 4 aliphatic heterocycles. The first-order chi connectivity index (χ1) is 28.2. The van der Waals surface area contributed by atoms with E-state index in [1.54, 1.807) is 32.3 Å². The maximum atomic E-state index is 14.6. The van der Waals surface area contributed by atoms with Gasteiger partial charge < -0.3 is 43.6 Å². The zero-order valence-corrected chi connectivity index (χ0v) is 37.3. The third-order valence-electron chi connectivity index (χ3n) is 13.0. The fourth-order valence-corrected chi connectivity index (χ4v) is 9.55. The van der Waals surface area contributed by atoms with Crippen molar-refractivity contribution in [2.75, 3.05) is 20.7 Å². The molecule has 2 N–H and O–H groups in total. The van der Waals surface area contributed by atoms with Crippen LogP contribution < -0.4 is 0 Å². The van der Waals surface area contributed by atoms with Crippen molar-refractivity contribution in [3.8, 4) is 11.5 Å². The minimum Gasteiger partial charge on any atom is -0.459 e. The number of Topliss-reactive ketones (excluding diaryl/α,β-unsaturated/α-hetero) is 1. The van der Waals surface area contributed by atoms with Crippen LogP contribution in [0.3, 0.4) is 0 Å². The first-order valence-corrected chi connectivity index (χ1v) is 21.5. The van der Waals surface area contributed by atoms with Crippen molar-refractivity contribution in [2.45, 2.75) is 155 Å². The minimum absolute atomic E-state index is 0.0754. The van der Waals surface area contributed by atoms with E-state index in [9.17, 15) is 19.5 Å². The number of hydrogen-bond donors (Lipinski definition) is 2. The lowest BCUT2D eigenvalue weighted by molar-refractivity contribution is -0.263. The Balaban J connectivity index is 1.67. The highest BCUT2D eigenvalue weighted by Gasteiger charge is 2.52. The molecule has 4 fully saturated rings. The van der Waals surface area contributed by atoms with Crippen molar-refractivity contribution in [2.24, 2.45) is 34.6 Å². The van der Waals surface area contributed by atoms with Gasteiger partial charge in [-0.2, -0.15) is 0 Å². The molecule has 1 unspecified atom stereocenters. The van der Waals surface area contributed by atoms with E-state index < -0.39 is 83.1 Å². The van der Waals surface area contributed by atoms with Crippen LogP contribution in [0, 0.1) is 35.0 Å². The van der Waals surface area contributed by atoms with Crippen molar-refractivity contribution < 1.29 is 47.7 Å². The second-order valence-corrected chi connectivity index (χ2v) is 18.0. The van der Waals surface area contributed by atoms with Crippen LogP contribution in [0.4, 0.5) is 0 Å². The quantitative estimate of drug-likeness (QED) is 0.224. The molecule has 6 heterocycles. The molecule has 2 bridgehead atoms. The van der Waals surface area contributed by atoms with E-state index in [1.807, 2.05) is 60.8 Å². The Labute approximate surface area is 354 Å². The molecule has 0 aromatic carbocycles. The van der Waals surface area contributed by atoms with E-state index in [0.29, 0.717) is 30.0 Å². The normalized spacial score (nSPS) is 37.2. The summed E-state index contributed by atoms with van der Waals surface area (Å²) in [5.74, 6) is -4.90. The smallest absolute Gasteiger partial charge is 0.316 e. The van der Waals surface area contributed by atoms with E-state index in [1.165, 1.54) is 13.8 Å². The van der Waals surface area contributed by atoms with Gasteiger partial charge in [0.05, 0.1) is 49.0 Å². The molecule has 332 valence electrons. The summed E-state index contributed by atoms with van der Waals surface area (Å²) in [4.78, 5) is 53.1. The Hall–Kier alpha value is -3.73. The van der Waals surface area contributed by atoms with Crippen molar-refractivity contribution in [1.82, 2.24) is 15.0 Å². The number of aliphatic imine (C=N–C) groups is 1. The van der Waals surface area contributed by atoms with Crippen LogP contribution in [0.1, 0.15) is 106 Å². The molecule has 2 aromatic rings. The molecular formula is C45H67N5O10. The summed E-state index contributed by atoms with van der Waals surface area (Å²) in [6.07, 6.45) is 1.80. The monoisotopic (exact) mass is 837 g/mol. The Morgan fingerprint density at radius 3 is 2.45 bits per heavy atom. The fraction of sp³-hybridized carbons (Fsp3) is 0.711. The molecule has 60 heavy (non-hydrogen) atoms. The van der Waals surface area contributed by atoms with Gasteiger partial charge in [0.15, 0.2) is 17.8 Å². The number of aromatic nitrogens is 2. The van der Waals surface area contributed by atoms with Gasteiger partial charge in [-0.1, -0.05) is 38.9 Å².